The Morgan fingerprint density at radius 2 is 1.73 bits per heavy atom. The average Bonchev–Trinajstić information content (AvgIpc) is 2.81. The third-order valence-electron chi connectivity index (χ3n) is 3.72. The van der Waals surface area contributed by atoms with E-state index in [4.69, 9.17) is 4.74 Å². The summed E-state index contributed by atoms with van der Waals surface area (Å²) in [6, 6.07) is 15.2. The number of amides is 1. The van der Waals surface area contributed by atoms with E-state index >= 15 is 4.39 Å². The predicted molar refractivity (Wildman–Crippen MR) is 82.8 cm³/mol. The molecule has 0 bridgehead atoms. The Kier molecular flexibility index (Phi) is 3.41. The molecule has 1 unspecified atom stereocenters. The number of rotatable bonds is 3. The molecular formula is C17H15FN2O2. The molecule has 0 aliphatic carbocycles. The Bertz CT molecular complexity index is 728. The first-order valence-corrected chi connectivity index (χ1v) is 6.86. The SMILES string of the molecule is COc1ccc(C2(F)C(=O)N(c3ccccc3)N=C2C)cc1. The third kappa shape index (κ3) is 2.06. The molecule has 22 heavy (non-hydrogen) atoms. The van der Waals surface area contributed by atoms with Crippen LogP contribution in [0.15, 0.2) is 59.7 Å². The van der Waals surface area contributed by atoms with Gasteiger partial charge in [0, 0.05) is 5.56 Å². The number of alkyl halides is 1. The first kappa shape index (κ1) is 14.3. The molecule has 0 fully saturated rings. The monoisotopic (exact) mass is 298 g/mol. The molecule has 5 heteroatoms. The van der Waals surface area contributed by atoms with E-state index in [0.717, 1.165) is 5.01 Å². The van der Waals surface area contributed by atoms with E-state index in [9.17, 15) is 4.79 Å². The molecule has 1 atom stereocenters. The fourth-order valence-corrected chi connectivity index (χ4v) is 2.46. The van der Waals surface area contributed by atoms with Gasteiger partial charge in [-0.1, -0.05) is 30.3 Å². The second kappa shape index (κ2) is 5.26. The molecule has 1 aliphatic rings. The number of halogens is 1. The van der Waals surface area contributed by atoms with Crippen molar-refractivity contribution in [2.75, 3.05) is 12.1 Å². The second-order valence-electron chi connectivity index (χ2n) is 5.02. The van der Waals surface area contributed by atoms with Crippen LogP contribution in [-0.2, 0) is 10.5 Å². The highest BCUT2D eigenvalue weighted by molar-refractivity contribution is 6.21. The van der Waals surface area contributed by atoms with Crippen LogP contribution in [-0.4, -0.2) is 18.7 Å². The average molecular weight is 298 g/mol. The maximum atomic E-state index is 15.4. The minimum Gasteiger partial charge on any atom is -0.497 e. The van der Waals surface area contributed by atoms with E-state index in [0.29, 0.717) is 11.4 Å². The topological polar surface area (TPSA) is 41.9 Å². The molecule has 0 spiro atoms. The number of carbonyl (C=O) groups excluding carboxylic acids is 1. The van der Waals surface area contributed by atoms with Crippen molar-refractivity contribution < 1.29 is 13.9 Å². The van der Waals surface area contributed by atoms with Crippen LogP contribution in [0, 0.1) is 0 Å². The summed E-state index contributed by atoms with van der Waals surface area (Å²) >= 11 is 0. The molecule has 0 N–H and O–H groups in total. The number of methoxy groups -OCH3 is 1. The zero-order valence-electron chi connectivity index (χ0n) is 12.3. The smallest absolute Gasteiger partial charge is 0.295 e. The zero-order valence-corrected chi connectivity index (χ0v) is 12.3. The fourth-order valence-electron chi connectivity index (χ4n) is 2.46. The summed E-state index contributed by atoms with van der Waals surface area (Å²) < 4.78 is 20.5. The van der Waals surface area contributed by atoms with Crippen LogP contribution in [0.1, 0.15) is 12.5 Å². The van der Waals surface area contributed by atoms with Gasteiger partial charge >= 0.3 is 0 Å². The lowest BCUT2D eigenvalue weighted by Crippen LogP contribution is -2.39. The first-order chi connectivity index (χ1) is 10.6. The predicted octanol–water partition coefficient (Wildman–Crippen LogP) is 3.28. The zero-order chi connectivity index (χ0) is 15.7. The number of benzene rings is 2. The molecule has 4 nitrogen and oxygen atoms in total. The highest BCUT2D eigenvalue weighted by Gasteiger charge is 2.51. The van der Waals surface area contributed by atoms with E-state index in [1.54, 1.807) is 48.5 Å². The van der Waals surface area contributed by atoms with Gasteiger partial charge in [0.25, 0.3) is 11.6 Å². The van der Waals surface area contributed by atoms with Crippen LogP contribution < -0.4 is 9.75 Å². The van der Waals surface area contributed by atoms with Crippen molar-refractivity contribution in [3.63, 3.8) is 0 Å². The largest absolute Gasteiger partial charge is 0.497 e. The van der Waals surface area contributed by atoms with E-state index in [1.165, 1.54) is 14.0 Å². The number of hydrazone groups is 1. The van der Waals surface area contributed by atoms with Crippen LogP contribution in [0.5, 0.6) is 5.75 Å². The summed E-state index contributed by atoms with van der Waals surface area (Å²) in [7, 11) is 1.53. The number of hydrogen-bond acceptors (Lipinski definition) is 3. The van der Waals surface area contributed by atoms with Crippen LogP contribution in [0.3, 0.4) is 0 Å². The van der Waals surface area contributed by atoms with Crippen molar-refractivity contribution in [1.29, 1.82) is 0 Å². The van der Waals surface area contributed by atoms with Gasteiger partial charge in [-0.3, -0.25) is 4.79 Å². The summed E-state index contributed by atoms with van der Waals surface area (Å²) in [5.41, 5.74) is -1.34. The summed E-state index contributed by atoms with van der Waals surface area (Å²) in [5, 5.41) is 5.22. The summed E-state index contributed by atoms with van der Waals surface area (Å²) in [5.74, 6) is -0.103. The number of hydrogen-bond donors (Lipinski definition) is 0. The first-order valence-electron chi connectivity index (χ1n) is 6.86. The van der Waals surface area contributed by atoms with Crippen molar-refractivity contribution in [3.8, 4) is 5.75 Å². The lowest BCUT2D eigenvalue weighted by molar-refractivity contribution is -0.125. The molecule has 1 heterocycles. The molecule has 2 aromatic carbocycles. The molecule has 1 amide bonds. The van der Waals surface area contributed by atoms with Crippen molar-refractivity contribution in [2.24, 2.45) is 5.10 Å². The van der Waals surface area contributed by atoms with E-state index in [1.807, 2.05) is 6.07 Å². The van der Waals surface area contributed by atoms with Crippen molar-refractivity contribution in [2.45, 2.75) is 12.6 Å². The van der Waals surface area contributed by atoms with Crippen molar-refractivity contribution in [3.05, 3.63) is 60.2 Å². The van der Waals surface area contributed by atoms with Crippen LogP contribution in [0.25, 0.3) is 0 Å². The molecule has 0 saturated heterocycles. The summed E-state index contributed by atoms with van der Waals surface area (Å²) in [6.07, 6.45) is 0. The molecule has 0 radical (unpaired) electrons. The van der Waals surface area contributed by atoms with E-state index < -0.39 is 11.6 Å². The van der Waals surface area contributed by atoms with Gasteiger partial charge in [0.1, 0.15) is 5.75 Å². The Hall–Kier alpha value is -2.69. The minimum absolute atomic E-state index is 0.117. The lowest BCUT2D eigenvalue weighted by atomic mass is 9.91. The third-order valence-corrected chi connectivity index (χ3v) is 3.72. The van der Waals surface area contributed by atoms with E-state index in [-0.39, 0.29) is 11.3 Å². The van der Waals surface area contributed by atoms with Gasteiger partial charge in [-0.05, 0) is 31.2 Å². The normalized spacial score (nSPS) is 21.0. The maximum Gasteiger partial charge on any atom is 0.295 e. The van der Waals surface area contributed by atoms with Gasteiger partial charge in [-0.25, -0.2) is 4.39 Å². The Balaban J connectivity index is 2.00. The quantitative estimate of drug-likeness (QED) is 0.872. The highest BCUT2D eigenvalue weighted by atomic mass is 19.1. The van der Waals surface area contributed by atoms with E-state index in [2.05, 4.69) is 5.10 Å². The molecule has 1 aliphatic heterocycles. The minimum atomic E-state index is -2.25. The number of nitrogens with zero attached hydrogens (tertiary/aromatic N) is 2. The lowest BCUT2D eigenvalue weighted by Gasteiger charge is -2.20. The molecular weight excluding hydrogens is 283 g/mol. The molecule has 3 rings (SSSR count). The van der Waals surface area contributed by atoms with Crippen LogP contribution in [0.4, 0.5) is 10.1 Å². The van der Waals surface area contributed by atoms with Gasteiger partial charge < -0.3 is 4.74 Å². The molecule has 0 saturated carbocycles. The number of carbonyl (C=O) groups is 1. The number of anilines is 1. The molecule has 112 valence electrons. The Labute approximate surface area is 127 Å². The number of ether oxygens (including phenoxy) is 1. The van der Waals surface area contributed by atoms with Crippen LogP contribution in [0.2, 0.25) is 0 Å². The fraction of sp³-hybridized carbons (Fsp3) is 0.176. The second-order valence-corrected chi connectivity index (χ2v) is 5.02. The number of para-hydroxylation sites is 1. The van der Waals surface area contributed by atoms with Crippen molar-refractivity contribution in [1.82, 2.24) is 0 Å². The van der Waals surface area contributed by atoms with Crippen LogP contribution >= 0.6 is 0 Å². The molecule has 0 aromatic heterocycles. The highest BCUT2D eigenvalue weighted by Crippen LogP contribution is 2.37. The Morgan fingerprint density at radius 1 is 1.09 bits per heavy atom. The van der Waals surface area contributed by atoms with Crippen molar-refractivity contribution >= 4 is 17.3 Å². The van der Waals surface area contributed by atoms with Gasteiger partial charge in [0.2, 0.25) is 0 Å². The maximum absolute atomic E-state index is 15.4. The summed E-state index contributed by atoms with van der Waals surface area (Å²) in [6.45, 7) is 1.52. The summed E-state index contributed by atoms with van der Waals surface area (Å²) in [4.78, 5) is 12.6. The van der Waals surface area contributed by atoms with Gasteiger partial charge in [-0.15, -0.1) is 0 Å². The Morgan fingerprint density at radius 3 is 2.32 bits per heavy atom. The van der Waals surface area contributed by atoms with Gasteiger partial charge in [0.05, 0.1) is 18.5 Å². The standard InChI is InChI=1S/C17H15FN2O2/c1-12-17(18,13-8-10-15(22-2)11-9-13)16(21)20(19-12)14-6-4-3-5-7-14/h3-11H,1-2H3. The van der Waals surface area contributed by atoms with Gasteiger partial charge in [0.15, 0.2) is 0 Å². The molecule has 2 aromatic rings. The van der Waals surface area contributed by atoms with Gasteiger partial charge in [-0.2, -0.15) is 10.1 Å².